The molecule has 2 aliphatic rings. The molecular formula is C29H30F2N4O2. The molecular weight excluding hydrogens is 474 g/mol. The minimum atomic E-state index is -2.63. The highest BCUT2D eigenvalue weighted by Gasteiger charge is 2.26. The molecule has 0 N–H and O–H groups in total. The first-order chi connectivity index (χ1) is 17.9. The van der Waals surface area contributed by atoms with Gasteiger partial charge in [-0.15, -0.1) is 0 Å². The first-order valence-corrected chi connectivity index (χ1v) is 12.9. The number of alkyl halides is 2. The Kier molecular flexibility index (Phi) is 6.07. The first-order valence-electron chi connectivity index (χ1n) is 12.9. The highest BCUT2D eigenvalue weighted by molar-refractivity contribution is 5.95. The van der Waals surface area contributed by atoms with E-state index in [-0.39, 0.29) is 17.4 Å². The first kappa shape index (κ1) is 23.9. The Morgan fingerprint density at radius 2 is 1.97 bits per heavy atom. The molecule has 1 atom stereocenters. The van der Waals surface area contributed by atoms with Crippen molar-refractivity contribution < 1.29 is 13.5 Å². The lowest BCUT2D eigenvalue weighted by atomic mass is 9.92. The highest BCUT2D eigenvalue weighted by atomic mass is 19.3. The summed E-state index contributed by atoms with van der Waals surface area (Å²) in [5.41, 5.74) is 5.40. The van der Waals surface area contributed by atoms with Crippen LogP contribution in [-0.4, -0.2) is 27.5 Å². The molecule has 1 fully saturated rings. The lowest BCUT2D eigenvalue weighted by molar-refractivity contribution is -0.0394. The van der Waals surface area contributed by atoms with Crippen molar-refractivity contribution in [2.24, 2.45) is 7.05 Å². The topological polar surface area (TPSA) is 52.3 Å². The van der Waals surface area contributed by atoms with E-state index in [1.807, 2.05) is 43.5 Å². The Hall–Kier alpha value is -3.52. The molecule has 1 unspecified atom stereocenters. The highest BCUT2D eigenvalue weighted by Crippen LogP contribution is 2.43. The van der Waals surface area contributed by atoms with Crippen molar-refractivity contribution in [3.05, 3.63) is 75.8 Å². The van der Waals surface area contributed by atoms with Crippen LogP contribution in [0, 0.1) is 6.92 Å². The van der Waals surface area contributed by atoms with Gasteiger partial charge in [-0.25, -0.2) is 13.5 Å². The molecule has 6 nitrogen and oxygen atoms in total. The summed E-state index contributed by atoms with van der Waals surface area (Å²) in [6.07, 6.45) is 5.41. The molecule has 0 amide bonds. The van der Waals surface area contributed by atoms with Crippen molar-refractivity contribution in [2.75, 3.05) is 18.1 Å². The zero-order valence-corrected chi connectivity index (χ0v) is 21.1. The number of aryl methyl sites for hydroxylation is 3. The minimum Gasteiger partial charge on any atom is -0.357 e. The number of rotatable bonds is 4. The second-order valence-electron chi connectivity index (χ2n) is 10.1. The fourth-order valence-electron chi connectivity index (χ4n) is 5.77. The van der Waals surface area contributed by atoms with Crippen molar-refractivity contribution in [3.63, 3.8) is 0 Å². The van der Waals surface area contributed by atoms with Gasteiger partial charge in [-0.3, -0.25) is 4.79 Å². The van der Waals surface area contributed by atoms with Crippen molar-refractivity contribution in [2.45, 2.75) is 51.7 Å². The molecule has 6 rings (SSSR count). The third-order valence-electron chi connectivity index (χ3n) is 7.68. The van der Waals surface area contributed by atoms with Gasteiger partial charge in [0.1, 0.15) is 6.23 Å². The van der Waals surface area contributed by atoms with E-state index in [2.05, 4.69) is 10.00 Å². The minimum absolute atomic E-state index is 0.00132. The quantitative estimate of drug-likeness (QED) is 0.321. The maximum absolute atomic E-state index is 14.5. The van der Waals surface area contributed by atoms with Crippen LogP contribution in [0.5, 0.6) is 0 Å². The van der Waals surface area contributed by atoms with E-state index in [0.29, 0.717) is 29.8 Å². The van der Waals surface area contributed by atoms with Crippen LogP contribution in [0.4, 0.5) is 20.2 Å². The molecule has 37 heavy (non-hydrogen) atoms. The summed E-state index contributed by atoms with van der Waals surface area (Å²) in [6, 6.07) is 11.3. The summed E-state index contributed by atoms with van der Waals surface area (Å²) in [5, 5.41) is 5.39. The van der Waals surface area contributed by atoms with Gasteiger partial charge >= 0.3 is 0 Å². The van der Waals surface area contributed by atoms with E-state index in [9.17, 15) is 13.6 Å². The number of halogens is 2. The fraction of sp³-hybridized carbons (Fsp3) is 0.379. The van der Waals surface area contributed by atoms with E-state index < -0.39 is 6.43 Å². The standard InChI is InChI=1S/C29H30F2N4O2/c1-18-13-23-24(33(2)29(18)36)8-5-9-25(23)34-11-6-7-19-14-21(22(28(30)31)15-26(19)34)20-16-32-35(17-20)27-10-3-4-12-37-27/h5,8-9,13-17,27-28H,3-4,6-7,10-12H2,1-2H3. The van der Waals surface area contributed by atoms with Gasteiger partial charge in [-0.1, -0.05) is 6.07 Å². The average molecular weight is 505 g/mol. The number of aromatic nitrogens is 3. The number of benzene rings is 2. The second-order valence-corrected chi connectivity index (χ2v) is 10.1. The Morgan fingerprint density at radius 1 is 1.11 bits per heavy atom. The van der Waals surface area contributed by atoms with E-state index in [0.717, 1.165) is 59.9 Å². The van der Waals surface area contributed by atoms with Crippen molar-refractivity contribution in [1.29, 1.82) is 0 Å². The van der Waals surface area contributed by atoms with Crippen molar-refractivity contribution in [3.8, 4) is 11.1 Å². The van der Waals surface area contributed by atoms with Crippen molar-refractivity contribution >= 4 is 22.3 Å². The number of ether oxygens (including phenoxy) is 1. The summed E-state index contributed by atoms with van der Waals surface area (Å²) in [4.78, 5) is 14.6. The molecule has 2 aromatic heterocycles. The molecule has 0 aliphatic carbocycles. The maximum atomic E-state index is 14.5. The third kappa shape index (κ3) is 4.13. The van der Waals surface area contributed by atoms with Gasteiger partial charge in [0.25, 0.3) is 12.0 Å². The van der Waals surface area contributed by atoms with Gasteiger partial charge in [0.15, 0.2) is 0 Å². The van der Waals surface area contributed by atoms with Gasteiger partial charge in [-0.2, -0.15) is 5.10 Å². The lowest BCUT2D eigenvalue weighted by Gasteiger charge is -2.33. The predicted molar refractivity (Wildman–Crippen MR) is 141 cm³/mol. The summed E-state index contributed by atoms with van der Waals surface area (Å²) in [5.74, 6) is 0. The smallest absolute Gasteiger partial charge is 0.264 e. The number of pyridine rings is 1. The van der Waals surface area contributed by atoms with Crippen LogP contribution in [0.15, 0.2) is 53.6 Å². The lowest BCUT2D eigenvalue weighted by Crippen LogP contribution is -2.26. The molecule has 2 aromatic carbocycles. The van der Waals surface area contributed by atoms with E-state index in [1.54, 1.807) is 28.6 Å². The van der Waals surface area contributed by atoms with Crippen LogP contribution in [-0.2, 0) is 18.2 Å². The molecule has 0 radical (unpaired) electrons. The van der Waals surface area contributed by atoms with Gasteiger partial charge in [0.2, 0.25) is 0 Å². The van der Waals surface area contributed by atoms with Crippen molar-refractivity contribution in [1.82, 2.24) is 14.3 Å². The Bertz CT molecular complexity index is 1540. The van der Waals surface area contributed by atoms with Gasteiger partial charge < -0.3 is 14.2 Å². The number of nitrogens with zero attached hydrogens (tertiary/aromatic N) is 4. The Balaban J connectivity index is 1.46. The largest absolute Gasteiger partial charge is 0.357 e. The average Bonchev–Trinajstić information content (AvgIpc) is 3.41. The predicted octanol–water partition coefficient (Wildman–Crippen LogP) is 6.43. The summed E-state index contributed by atoms with van der Waals surface area (Å²) in [6.45, 7) is 3.22. The molecule has 192 valence electrons. The fourth-order valence-corrected chi connectivity index (χ4v) is 5.77. The molecule has 0 bridgehead atoms. The van der Waals surface area contributed by atoms with Crippen LogP contribution >= 0.6 is 0 Å². The van der Waals surface area contributed by atoms with E-state index >= 15 is 0 Å². The van der Waals surface area contributed by atoms with Crippen LogP contribution in [0.3, 0.4) is 0 Å². The SMILES string of the molecule is Cc1cc2c(N3CCCc4cc(-c5cnn(C6CCCCO6)c5)c(C(F)F)cc43)cccc2n(C)c1=O. The number of hydrogen-bond acceptors (Lipinski definition) is 4. The number of hydrogen-bond donors (Lipinski definition) is 0. The van der Waals surface area contributed by atoms with Gasteiger partial charge in [0, 0.05) is 54.2 Å². The van der Waals surface area contributed by atoms with E-state index in [1.165, 1.54) is 0 Å². The summed E-state index contributed by atoms with van der Waals surface area (Å²) < 4.78 is 38.2. The van der Waals surface area contributed by atoms with Crippen LogP contribution in [0.2, 0.25) is 0 Å². The normalized spacial score (nSPS) is 18.0. The monoisotopic (exact) mass is 504 g/mol. The van der Waals surface area contributed by atoms with Gasteiger partial charge in [-0.05, 0) is 80.5 Å². The molecule has 4 aromatic rings. The zero-order valence-electron chi connectivity index (χ0n) is 21.1. The summed E-state index contributed by atoms with van der Waals surface area (Å²) >= 11 is 0. The van der Waals surface area contributed by atoms with E-state index in [4.69, 9.17) is 4.74 Å². The summed E-state index contributed by atoms with van der Waals surface area (Å²) in [7, 11) is 1.77. The second kappa shape index (κ2) is 9.41. The van der Waals surface area contributed by atoms with Gasteiger partial charge in [0.05, 0.1) is 17.4 Å². The number of anilines is 2. The Labute approximate surface area is 214 Å². The van der Waals surface area contributed by atoms with Crippen LogP contribution in [0.1, 0.15) is 55.0 Å². The maximum Gasteiger partial charge on any atom is 0.264 e. The Morgan fingerprint density at radius 3 is 2.76 bits per heavy atom. The molecule has 2 aliphatic heterocycles. The molecule has 8 heteroatoms. The molecule has 4 heterocycles. The molecule has 0 saturated carbocycles. The molecule has 1 saturated heterocycles. The van der Waals surface area contributed by atoms with Crippen LogP contribution < -0.4 is 10.5 Å². The third-order valence-corrected chi connectivity index (χ3v) is 7.68. The van der Waals surface area contributed by atoms with Crippen LogP contribution in [0.25, 0.3) is 22.0 Å². The number of fused-ring (bicyclic) bond motifs is 2. The molecule has 0 spiro atoms. The zero-order chi connectivity index (χ0) is 25.7.